The number of rotatable bonds is 1. The molecular formula is C12H16F2N2. The van der Waals surface area contributed by atoms with E-state index in [-0.39, 0.29) is 6.04 Å². The number of hydrogen-bond donors (Lipinski definition) is 1. The zero-order chi connectivity index (χ0) is 11.7. The van der Waals surface area contributed by atoms with Gasteiger partial charge in [-0.1, -0.05) is 6.92 Å². The molecule has 0 bridgehead atoms. The van der Waals surface area contributed by atoms with Gasteiger partial charge in [-0.15, -0.1) is 0 Å². The lowest BCUT2D eigenvalue weighted by atomic mass is 9.96. The second-order valence-corrected chi connectivity index (χ2v) is 4.60. The fraction of sp³-hybridized carbons (Fsp3) is 0.500. The van der Waals surface area contributed by atoms with Crippen LogP contribution >= 0.6 is 0 Å². The molecule has 1 aliphatic heterocycles. The average Bonchev–Trinajstić information content (AvgIpc) is 2.20. The van der Waals surface area contributed by atoms with Crippen LogP contribution in [0.15, 0.2) is 18.2 Å². The standard InChI is InChI=1S/C12H16F2N2/c1-8-4-9(15)7-16(6-8)10-2-3-11(13)12(14)5-10/h2-3,5,8-9H,4,6-7,15H2,1H3. The lowest BCUT2D eigenvalue weighted by Gasteiger charge is -2.36. The lowest BCUT2D eigenvalue weighted by Crippen LogP contribution is -2.46. The Hall–Kier alpha value is -1.16. The van der Waals surface area contributed by atoms with Crippen molar-refractivity contribution in [2.75, 3.05) is 18.0 Å². The first-order chi connectivity index (χ1) is 7.56. The molecule has 2 N–H and O–H groups in total. The summed E-state index contributed by atoms with van der Waals surface area (Å²) >= 11 is 0. The van der Waals surface area contributed by atoms with Crippen LogP contribution < -0.4 is 10.6 Å². The van der Waals surface area contributed by atoms with Gasteiger partial charge in [0, 0.05) is 30.9 Å². The molecule has 1 heterocycles. The van der Waals surface area contributed by atoms with Crippen molar-refractivity contribution in [2.45, 2.75) is 19.4 Å². The van der Waals surface area contributed by atoms with Crippen molar-refractivity contribution in [3.8, 4) is 0 Å². The second kappa shape index (κ2) is 4.37. The smallest absolute Gasteiger partial charge is 0.160 e. The van der Waals surface area contributed by atoms with E-state index in [1.807, 2.05) is 4.90 Å². The van der Waals surface area contributed by atoms with Gasteiger partial charge in [0.2, 0.25) is 0 Å². The van der Waals surface area contributed by atoms with E-state index in [9.17, 15) is 8.78 Å². The Bertz CT molecular complexity index is 371. The largest absolute Gasteiger partial charge is 0.370 e. The Balaban J connectivity index is 2.19. The number of piperidine rings is 1. The topological polar surface area (TPSA) is 29.3 Å². The zero-order valence-electron chi connectivity index (χ0n) is 9.29. The third-order valence-electron chi connectivity index (χ3n) is 2.96. The minimum Gasteiger partial charge on any atom is -0.370 e. The summed E-state index contributed by atoms with van der Waals surface area (Å²) in [5, 5.41) is 0. The van der Waals surface area contributed by atoms with Crippen LogP contribution in [0.3, 0.4) is 0 Å². The molecular weight excluding hydrogens is 210 g/mol. The minimum absolute atomic E-state index is 0.108. The van der Waals surface area contributed by atoms with Gasteiger partial charge >= 0.3 is 0 Å². The van der Waals surface area contributed by atoms with E-state index in [2.05, 4.69) is 6.92 Å². The van der Waals surface area contributed by atoms with Gasteiger partial charge in [-0.05, 0) is 24.5 Å². The van der Waals surface area contributed by atoms with Crippen molar-refractivity contribution in [3.05, 3.63) is 29.8 Å². The molecule has 1 aliphatic rings. The lowest BCUT2D eigenvalue weighted by molar-refractivity contribution is 0.401. The molecule has 4 heteroatoms. The second-order valence-electron chi connectivity index (χ2n) is 4.60. The van der Waals surface area contributed by atoms with Crippen molar-refractivity contribution in [1.29, 1.82) is 0 Å². The molecule has 2 nitrogen and oxygen atoms in total. The first-order valence-corrected chi connectivity index (χ1v) is 5.52. The summed E-state index contributed by atoms with van der Waals surface area (Å²) in [5.74, 6) is -1.13. The molecule has 0 aromatic heterocycles. The van der Waals surface area contributed by atoms with E-state index in [1.54, 1.807) is 6.07 Å². The number of benzene rings is 1. The quantitative estimate of drug-likeness (QED) is 0.795. The number of nitrogens with two attached hydrogens (primary N) is 1. The van der Waals surface area contributed by atoms with Crippen molar-refractivity contribution in [2.24, 2.45) is 11.7 Å². The van der Waals surface area contributed by atoms with Crippen LogP contribution in [0.2, 0.25) is 0 Å². The maximum absolute atomic E-state index is 13.1. The molecule has 88 valence electrons. The molecule has 0 amide bonds. The summed E-state index contributed by atoms with van der Waals surface area (Å²) in [6, 6.07) is 4.11. The first kappa shape index (κ1) is 11.3. The monoisotopic (exact) mass is 226 g/mol. The van der Waals surface area contributed by atoms with E-state index >= 15 is 0 Å². The number of hydrogen-bond acceptors (Lipinski definition) is 2. The Morgan fingerprint density at radius 2 is 2.00 bits per heavy atom. The van der Waals surface area contributed by atoms with Crippen LogP contribution in [0.25, 0.3) is 0 Å². The molecule has 1 aromatic carbocycles. The van der Waals surface area contributed by atoms with Crippen molar-refractivity contribution in [1.82, 2.24) is 0 Å². The molecule has 1 saturated heterocycles. The molecule has 0 radical (unpaired) electrons. The van der Waals surface area contributed by atoms with Crippen LogP contribution in [-0.4, -0.2) is 19.1 Å². The maximum Gasteiger partial charge on any atom is 0.160 e. The van der Waals surface area contributed by atoms with Gasteiger partial charge in [-0.25, -0.2) is 8.78 Å². The number of halogens is 2. The summed E-state index contributed by atoms with van der Waals surface area (Å²) in [6.45, 7) is 3.67. The van der Waals surface area contributed by atoms with E-state index in [1.165, 1.54) is 6.07 Å². The SMILES string of the molecule is CC1CC(N)CN(c2ccc(F)c(F)c2)C1. The van der Waals surface area contributed by atoms with Gasteiger partial charge in [0.15, 0.2) is 11.6 Å². The number of nitrogens with zero attached hydrogens (tertiary/aromatic N) is 1. The van der Waals surface area contributed by atoms with Gasteiger partial charge in [0.05, 0.1) is 0 Å². The summed E-state index contributed by atoms with van der Waals surface area (Å²) < 4.78 is 25.9. The van der Waals surface area contributed by atoms with Crippen molar-refractivity contribution >= 4 is 5.69 Å². The maximum atomic E-state index is 13.1. The van der Waals surface area contributed by atoms with Crippen LogP contribution in [0.1, 0.15) is 13.3 Å². The van der Waals surface area contributed by atoms with Crippen molar-refractivity contribution < 1.29 is 8.78 Å². The van der Waals surface area contributed by atoms with E-state index < -0.39 is 11.6 Å². The molecule has 16 heavy (non-hydrogen) atoms. The molecule has 2 atom stereocenters. The van der Waals surface area contributed by atoms with Gasteiger partial charge < -0.3 is 10.6 Å². The molecule has 2 rings (SSSR count). The predicted octanol–water partition coefficient (Wildman–Crippen LogP) is 2.14. The van der Waals surface area contributed by atoms with Crippen LogP contribution in [0.4, 0.5) is 14.5 Å². The summed E-state index contributed by atoms with van der Waals surface area (Å²) in [5.41, 5.74) is 6.62. The minimum atomic E-state index is -0.807. The molecule has 1 aromatic rings. The molecule has 0 saturated carbocycles. The molecule has 1 fully saturated rings. The Morgan fingerprint density at radius 3 is 2.62 bits per heavy atom. The summed E-state index contributed by atoms with van der Waals surface area (Å²) in [7, 11) is 0. The normalized spacial score (nSPS) is 25.9. The average molecular weight is 226 g/mol. The van der Waals surface area contributed by atoms with Gasteiger partial charge in [-0.3, -0.25) is 0 Å². The third kappa shape index (κ3) is 2.32. The fourth-order valence-electron chi connectivity index (χ4n) is 2.29. The van der Waals surface area contributed by atoms with Crippen LogP contribution in [-0.2, 0) is 0 Å². The van der Waals surface area contributed by atoms with E-state index in [4.69, 9.17) is 5.73 Å². The van der Waals surface area contributed by atoms with Gasteiger partial charge in [0.25, 0.3) is 0 Å². The molecule has 0 aliphatic carbocycles. The Morgan fingerprint density at radius 1 is 1.25 bits per heavy atom. The Labute approximate surface area is 94.0 Å². The van der Waals surface area contributed by atoms with E-state index in [0.717, 1.165) is 19.0 Å². The zero-order valence-corrected chi connectivity index (χ0v) is 9.29. The summed E-state index contributed by atoms with van der Waals surface area (Å²) in [6.07, 6.45) is 0.986. The predicted molar refractivity (Wildman–Crippen MR) is 60.3 cm³/mol. The van der Waals surface area contributed by atoms with Gasteiger partial charge in [-0.2, -0.15) is 0 Å². The highest BCUT2D eigenvalue weighted by atomic mass is 19.2. The Kier molecular flexibility index (Phi) is 3.10. The highest BCUT2D eigenvalue weighted by Crippen LogP contribution is 2.23. The van der Waals surface area contributed by atoms with Crippen LogP contribution in [0, 0.1) is 17.6 Å². The van der Waals surface area contributed by atoms with Gasteiger partial charge in [0.1, 0.15) is 0 Å². The van der Waals surface area contributed by atoms with E-state index in [0.29, 0.717) is 18.2 Å². The van der Waals surface area contributed by atoms with Crippen LogP contribution in [0.5, 0.6) is 0 Å². The third-order valence-corrected chi connectivity index (χ3v) is 2.96. The fourth-order valence-corrected chi connectivity index (χ4v) is 2.29. The highest BCUT2D eigenvalue weighted by Gasteiger charge is 2.22. The molecule has 2 unspecified atom stereocenters. The number of anilines is 1. The highest BCUT2D eigenvalue weighted by molar-refractivity contribution is 5.47. The van der Waals surface area contributed by atoms with Crippen molar-refractivity contribution in [3.63, 3.8) is 0 Å². The summed E-state index contributed by atoms with van der Waals surface area (Å²) in [4.78, 5) is 2.02. The molecule has 0 spiro atoms. The first-order valence-electron chi connectivity index (χ1n) is 5.52.